The molecule has 2 fully saturated rings. The van der Waals surface area contributed by atoms with Gasteiger partial charge in [0.2, 0.25) is 0 Å². The number of methoxy groups -OCH3 is 1. The van der Waals surface area contributed by atoms with Crippen molar-refractivity contribution < 1.29 is 9.53 Å². The summed E-state index contributed by atoms with van der Waals surface area (Å²) in [6.07, 6.45) is 4.34. The van der Waals surface area contributed by atoms with Crippen LogP contribution in [0.3, 0.4) is 0 Å². The van der Waals surface area contributed by atoms with Crippen LogP contribution in [0.15, 0.2) is 42.5 Å². The van der Waals surface area contributed by atoms with Crippen molar-refractivity contribution in [2.45, 2.75) is 43.9 Å². The maximum absolute atomic E-state index is 13.0. The zero-order valence-electron chi connectivity index (χ0n) is 14.6. The lowest BCUT2D eigenvalue weighted by molar-refractivity contribution is 0.00822. The molecule has 5 heteroatoms. The van der Waals surface area contributed by atoms with E-state index >= 15 is 0 Å². The second kappa shape index (κ2) is 7.22. The summed E-state index contributed by atoms with van der Waals surface area (Å²) in [5.41, 5.74) is 2.74. The summed E-state index contributed by atoms with van der Waals surface area (Å²) in [5, 5.41) is 1.07. The average Bonchev–Trinajstić information content (AvgIpc) is 2.93. The van der Waals surface area contributed by atoms with Gasteiger partial charge in [-0.15, -0.1) is 0 Å². The molecule has 0 aromatic heterocycles. The topological polar surface area (TPSA) is 29.5 Å². The first kappa shape index (κ1) is 17.8. The van der Waals surface area contributed by atoms with Crippen molar-refractivity contribution >= 4 is 29.1 Å². The number of carbonyl (C=O) groups is 1. The molecular formula is C21H21Cl2NO2. The number of piperidine rings is 1. The Morgan fingerprint density at radius 3 is 2.15 bits per heavy atom. The van der Waals surface area contributed by atoms with Crippen LogP contribution in [0.4, 0.5) is 0 Å². The first-order chi connectivity index (χ1) is 12.6. The lowest BCUT2D eigenvalue weighted by atomic mass is 9.98. The number of nitrogens with zero attached hydrogens (tertiary/aromatic N) is 1. The van der Waals surface area contributed by atoms with Crippen LogP contribution in [0.5, 0.6) is 0 Å². The van der Waals surface area contributed by atoms with E-state index in [1.807, 2.05) is 36.4 Å². The molecule has 2 atom stereocenters. The lowest BCUT2D eigenvalue weighted by Gasteiger charge is -2.38. The minimum Gasteiger partial charge on any atom is -0.381 e. The molecule has 0 saturated carbocycles. The Bertz CT molecular complexity index is 807. The molecule has 2 heterocycles. The van der Waals surface area contributed by atoms with E-state index in [0.29, 0.717) is 22.1 Å². The van der Waals surface area contributed by atoms with Gasteiger partial charge in [-0.1, -0.05) is 41.4 Å². The van der Waals surface area contributed by atoms with Gasteiger partial charge in [-0.05, 0) is 61.1 Å². The quantitative estimate of drug-likeness (QED) is 0.698. The predicted octanol–water partition coefficient (Wildman–Crippen LogP) is 5.44. The third kappa shape index (κ3) is 3.24. The molecule has 1 amide bonds. The Morgan fingerprint density at radius 2 is 1.58 bits per heavy atom. The number of fused-ring (bicyclic) bond motifs is 2. The zero-order chi connectivity index (χ0) is 18.3. The highest BCUT2D eigenvalue weighted by Crippen LogP contribution is 2.38. The lowest BCUT2D eigenvalue weighted by Crippen LogP contribution is -2.48. The van der Waals surface area contributed by atoms with E-state index in [9.17, 15) is 4.79 Å². The van der Waals surface area contributed by atoms with Gasteiger partial charge < -0.3 is 9.64 Å². The molecule has 2 unspecified atom stereocenters. The summed E-state index contributed by atoms with van der Waals surface area (Å²) in [6, 6.07) is 13.9. The van der Waals surface area contributed by atoms with E-state index < -0.39 is 0 Å². The molecular weight excluding hydrogens is 369 g/mol. The Balaban J connectivity index is 1.54. The molecule has 2 aromatic rings. The Kier molecular flexibility index (Phi) is 4.96. The molecule has 0 radical (unpaired) electrons. The second-order valence-electron chi connectivity index (χ2n) is 7.13. The number of amides is 1. The van der Waals surface area contributed by atoms with E-state index in [0.717, 1.165) is 42.4 Å². The van der Waals surface area contributed by atoms with Crippen molar-refractivity contribution in [2.24, 2.45) is 0 Å². The molecule has 0 aliphatic carbocycles. The van der Waals surface area contributed by atoms with Crippen LogP contribution in [-0.4, -0.2) is 36.1 Å². The molecule has 0 spiro atoms. The molecule has 2 aliphatic heterocycles. The van der Waals surface area contributed by atoms with Gasteiger partial charge >= 0.3 is 0 Å². The van der Waals surface area contributed by atoms with Crippen molar-refractivity contribution in [3.8, 4) is 11.1 Å². The van der Waals surface area contributed by atoms with Crippen LogP contribution in [0, 0.1) is 0 Å². The number of benzene rings is 2. The average molecular weight is 390 g/mol. The van der Waals surface area contributed by atoms with Crippen LogP contribution in [0.1, 0.15) is 36.0 Å². The molecule has 136 valence electrons. The SMILES string of the molecule is COC1CC2CCC(C1)N2C(=O)c1ccc(-c2ccc(Cl)c(Cl)c2)cc1. The number of hydrogen-bond donors (Lipinski definition) is 0. The molecule has 4 rings (SSSR count). The zero-order valence-corrected chi connectivity index (χ0v) is 16.1. The molecule has 2 aromatic carbocycles. The van der Waals surface area contributed by atoms with Crippen molar-refractivity contribution in [1.29, 1.82) is 0 Å². The molecule has 2 bridgehead atoms. The number of carbonyl (C=O) groups excluding carboxylic acids is 1. The monoisotopic (exact) mass is 389 g/mol. The van der Waals surface area contributed by atoms with E-state index in [1.165, 1.54) is 0 Å². The number of halogens is 2. The summed E-state index contributed by atoms with van der Waals surface area (Å²) >= 11 is 12.1. The van der Waals surface area contributed by atoms with Crippen molar-refractivity contribution in [3.05, 3.63) is 58.1 Å². The molecule has 2 saturated heterocycles. The molecule has 26 heavy (non-hydrogen) atoms. The smallest absolute Gasteiger partial charge is 0.254 e. The highest BCUT2D eigenvalue weighted by Gasteiger charge is 2.43. The van der Waals surface area contributed by atoms with Gasteiger partial charge in [0.25, 0.3) is 5.91 Å². The fraction of sp³-hybridized carbons (Fsp3) is 0.381. The maximum atomic E-state index is 13.0. The molecule has 3 nitrogen and oxygen atoms in total. The fourth-order valence-electron chi connectivity index (χ4n) is 4.28. The Morgan fingerprint density at radius 1 is 0.962 bits per heavy atom. The minimum absolute atomic E-state index is 0.132. The van der Waals surface area contributed by atoms with Gasteiger partial charge in [-0.2, -0.15) is 0 Å². The first-order valence-corrected chi connectivity index (χ1v) is 9.73. The molecule has 0 N–H and O–H groups in total. The van der Waals surface area contributed by atoms with Crippen LogP contribution in [-0.2, 0) is 4.74 Å². The van der Waals surface area contributed by atoms with Gasteiger partial charge in [-0.3, -0.25) is 4.79 Å². The minimum atomic E-state index is 0.132. The second-order valence-corrected chi connectivity index (χ2v) is 7.95. The third-order valence-corrected chi connectivity index (χ3v) is 6.38. The Labute approximate surface area is 163 Å². The number of rotatable bonds is 3. The summed E-state index contributed by atoms with van der Waals surface area (Å²) in [5.74, 6) is 0.132. The van der Waals surface area contributed by atoms with Crippen molar-refractivity contribution in [3.63, 3.8) is 0 Å². The van der Waals surface area contributed by atoms with Crippen LogP contribution < -0.4 is 0 Å². The van der Waals surface area contributed by atoms with Gasteiger partial charge in [-0.25, -0.2) is 0 Å². The van der Waals surface area contributed by atoms with Gasteiger partial charge in [0.1, 0.15) is 0 Å². The largest absolute Gasteiger partial charge is 0.381 e. The van der Waals surface area contributed by atoms with Gasteiger partial charge in [0.05, 0.1) is 16.1 Å². The van der Waals surface area contributed by atoms with Gasteiger partial charge in [0.15, 0.2) is 0 Å². The highest BCUT2D eigenvalue weighted by molar-refractivity contribution is 6.42. The fourth-order valence-corrected chi connectivity index (χ4v) is 4.58. The number of ether oxygens (including phenoxy) is 1. The van der Waals surface area contributed by atoms with E-state index in [-0.39, 0.29) is 12.0 Å². The summed E-state index contributed by atoms with van der Waals surface area (Å²) in [7, 11) is 1.77. The van der Waals surface area contributed by atoms with Crippen molar-refractivity contribution in [2.75, 3.05) is 7.11 Å². The summed E-state index contributed by atoms with van der Waals surface area (Å²) in [4.78, 5) is 15.1. The van der Waals surface area contributed by atoms with E-state index in [2.05, 4.69) is 4.90 Å². The summed E-state index contributed by atoms with van der Waals surface area (Å²) < 4.78 is 5.53. The standard InChI is InChI=1S/C21H21Cl2NO2/c1-26-18-11-16-7-8-17(12-18)24(16)21(25)14-4-2-13(3-5-14)15-6-9-19(22)20(23)10-15/h2-6,9-10,16-18H,7-8,11-12H2,1H3. The highest BCUT2D eigenvalue weighted by atomic mass is 35.5. The van der Waals surface area contributed by atoms with Crippen LogP contribution in [0.2, 0.25) is 10.0 Å². The van der Waals surface area contributed by atoms with Crippen LogP contribution >= 0.6 is 23.2 Å². The summed E-state index contributed by atoms with van der Waals surface area (Å²) in [6.45, 7) is 0. The maximum Gasteiger partial charge on any atom is 0.254 e. The van der Waals surface area contributed by atoms with Crippen molar-refractivity contribution in [1.82, 2.24) is 4.90 Å². The first-order valence-electron chi connectivity index (χ1n) is 8.97. The normalized spacial score (nSPS) is 24.7. The Hall–Kier alpha value is -1.55. The van der Waals surface area contributed by atoms with E-state index in [4.69, 9.17) is 27.9 Å². The van der Waals surface area contributed by atoms with Gasteiger partial charge in [0, 0.05) is 24.8 Å². The third-order valence-electron chi connectivity index (χ3n) is 5.64. The van der Waals surface area contributed by atoms with E-state index in [1.54, 1.807) is 13.2 Å². The van der Waals surface area contributed by atoms with Crippen LogP contribution in [0.25, 0.3) is 11.1 Å². The number of hydrogen-bond acceptors (Lipinski definition) is 2. The predicted molar refractivity (Wildman–Crippen MR) is 105 cm³/mol. The molecule has 2 aliphatic rings.